The molecule has 37 heavy (non-hydrogen) atoms. The molecule has 2 aliphatic rings. The van der Waals surface area contributed by atoms with Crippen molar-refractivity contribution in [3.63, 3.8) is 0 Å². The normalized spacial score (nSPS) is 18.2. The third kappa shape index (κ3) is 8.80. The quantitative estimate of drug-likeness (QED) is 0.350. The third-order valence-corrected chi connectivity index (χ3v) is 7.10. The third-order valence-electron chi connectivity index (χ3n) is 7.10. The van der Waals surface area contributed by atoms with Crippen molar-refractivity contribution in [2.24, 2.45) is 0 Å². The molecule has 0 radical (unpaired) electrons. The SMILES string of the molecule is CC(C)(C)OC(=O)CCOCCc1cccc(CCN2CCC3(CC2)CN(c2ccccn2)CCO3)c1. The number of rotatable bonds is 10. The van der Waals surface area contributed by atoms with Crippen molar-refractivity contribution in [3.8, 4) is 0 Å². The van der Waals surface area contributed by atoms with Gasteiger partial charge in [0.1, 0.15) is 11.4 Å². The first-order valence-electron chi connectivity index (χ1n) is 13.7. The molecule has 0 aliphatic carbocycles. The van der Waals surface area contributed by atoms with Gasteiger partial charge in [-0.05, 0) is 69.7 Å². The highest BCUT2D eigenvalue weighted by atomic mass is 16.6. The Labute approximate surface area is 222 Å². The van der Waals surface area contributed by atoms with Crippen molar-refractivity contribution in [2.45, 2.75) is 64.1 Å². The van der Waals surface area contributed by atoms with E-state index in [0.717, 1.165) is 70.8 Å². The molecule has 1 aromatic heterocycles. The second-order valence-corrected chi connectivity index (χ2v) is 11.3. The second kappa shape index (κ2) is 12.9. The van der Waals surface area contributed by atoms with E-state index in [1.807, 2.05) is 33.0 Å². The summed E-state index contributed by atoms with van der Waals surface area (Å²) in [4.78, 5) is 21.3. The van der Waals surface area contributed by atoms with Crippen LogP contribution in [0.3, 0.4) is 0 Å². The summed E-state index contributed by atoms with van der Waals surface area (Å²) in [7, 11) is 0. The highest BCUT2D eigenvalue weighted by molar-refractivity contribution is 5.69. The number of pyridine rings is 1. The summed E-state index contributed by atoms with van der Waals surface area (Å²) in [5, 5.41) is 0. The zero-order chi connectivity index (χ0) is 26.1. The predicted octanol–water partition coefficient (Wildman–Crippen LogP) is 4.29. The van der Waals surface area contributed by atoms with E-state index in [4.69, 9.17) is 14.2 Å². The molecule has 0 amide bonds. The van der Waals surface area contributed by atoms with Gasteiger partial charge in [0, 0.05) is 38.9 Å². The van der Waals surface area contributed by atoms with E-state index < -0.39 is 5.60 Å². The van der Waals surface area contributed by atoms with Crippen LogP contribution in [0.2, 0.25) is 0 Å². The summed E-state index contributed by atoms with van der Waals surface area (Å²) in [6.45, 7) is 12.5. The lowest BCUT2D eigenvalue weighted by Gasteiger charge is -2.47. The van der Waals surface area contributed by atoms with Crippen LogP contribution in [0.15, 0.2) is 48.7 Å². The van der Waals surface area contributed by atoms with Crippen molar-refractivity contribution < 1.29 is 19.0 Å². The van der Waals surface area contributed by atoms with Gasteiger partial charge in [0.05, 0.1) is 31.8 Å². The zero-order valence-electron chi connectivity index (χ0n) is 22.8. The summed E-state index contributed by atoms with van der Waals surface area (Å²) in [5.41, 5.74) is 2.15. The molecule has 0 unspecified atom stereocenters. The van der Waals surface area contributed by atoms with Gasteiger partial charge in [-0.1, -0.05) is 30.3 Å². The lowest BCUT2D eigenvalue weighted by atomic mass is 9.89. The summed E-state index contributed by atoms with van der Waals surface area (Å²) in [6.07, 6.45) is 6.18. The number of likely N-dealkylation sites (tertiary alicyclic amines) is 1. The van der Waals surface area contributed by atoms with Crippen molar-refractivity contribution in [3.05, 3.63) is 59.8 Å². The predicted molar refractivity (Wildman–Crippen MR) is 146 cm³/mol. The number of ether oxygens (including phenoxy) is 3. The van der Waals surface area contributed by atoms with E-state index in [-0.39, 0.29) is 11.6 Å². The molecular weight excluding hydrogens is 466 g/mol. The molecule has 1 spiro atoms. The van der Waals surface area contributed by atoms with Gasteiger partial charge < -0.3 is 24.0 Å². The largest absolute Gasteiger partial charge is 0.460 e. The summed E-state index contributed by atoms with van der Waals surface area (Å²) in [6, 6.07) is 14.9. The first-order chi connectivity index (χ1) is 17.8. The molecule has 2 fully saturated rings. The first kappa shape index (κ1) is 27.6. The molecule has 0 saturated carbocycles. The lowest BCUT2D eigenvalue weighted by molar-refractivity contribution is -0.156. The number of carbonyl (C=O) groups is 1. The summed E-state index contributed by atoms with van der Waals surface area (Å²) in [5.74, 6) is 0.847. The van der Waals surface area contributed by atoms with Crippen molar-refractivity contribution in [1.82, 2.24) is 9.88 Å². The van der Waals surface area contributed by atoms with E-state index >= 15 is 0 Å². The minimum Gasteiger partial charge on any atom is -0.460 e. The molecular formula is C30H43N3O4. The molecule has 7 heteroatoms. The molecule has 0 bridgehead atoms. The number of anilines is 1. The Balaban J connectivity index is 1.15. The van der Waals surface area contributed by atoms with Gasteiger partial charge in [0.15, 0.2) is 0 Å². The van der Waals surface area contributed by atoms with Crippen molar-refractivity contribution in [2.75, 3.05) is 57.4 Å². The Kier molecular flexibility index (Phi) is 9.57. The highest BCUT2D eigenvalue weighted by Crippen LogP contribution is 2.31. The number of aromatic nitrogens is 1. The number of esters is 1. The van der Waals surface area contributed by atoms with Crippen LogP contribution < -0.4 is 4.90 Å². The Morgan fingerprint density at radius 3 is 2.54 bits per heavy atom. The zero-order valence-corrected chi connectivity index (χ0v) is 22.8. The van der Waals surface area contributed by atoms with Gasteiger partial charge in [-0.2, -0.15) is 0 Å². The smallest absolute Gasteiger partial charge is 0.308 e. The Morgan fingerprint density at radius 2 is 1.81 bits per heavy atom. The number of hydrogen-bond acceptors (Lipinski definition) is 7. The van der Waals surface area contributed by atoms with Gasteiger partial charge >= 0.3 is 5.97 Å². The number of hydrogen-bond donors (Lipinski definition) is 0. The molecule has 202 valence electrons. The van der Waals surface area contributed by atoms with Crippen LogP contribution in [0, 0.1) is 0 Å². The molecule has 2 saturated heterocycles. The minimum atomic E-state index is -0.446. The van der Waals surface area contributed by atoms with Gasteiger partial charge in [-0.15, -0.1) is 0 Å². The fourth-order valence-electron chi connectivity index (χ4n) is 5.14. The Hall–Kier alpha value is -2.48. The summed E-state index contributed by atoms with van der Waals surface area (Å²) >= 11 is 0. The standard InChI is InChI=1S/C30H43N3O4/c1-29(2,3)37-28(34)12-21-35-20-11-26-8-6-7-25(23-26)10-16-32-17-13-30(14-18-32)24-33(19-22-36-30)27-9-4-5-15-31-27/h4-9,15,23H,10-14,16-22,24H2,1-3H3. The maximum atomic E-state index is 11.8. The highest BCUT2D eigenvalue weighted by Gasteiger charge is 2.39. The average Bonchev–Trinajstić information content (AvgIpc) is 2.88. The van der Waals surface area contributed by atoms with Crippen LogP contribution >= 0.6 is 0 Å². The van der Waals surface area contributed by atoms with Crippen LogP contribution in [0.25, 0.3) is 0 Å². The van der Waals surface area contributed by atoms with E-state index in [0.29, 0.717) is 19.6 Å². The number of benzene rings is 1. The van der Waals surface area contributed by atoms with E-state index in [1.54, 1.807) is 0 Å². The van der Waals surface area contributed by atoms with Crippen molar-refractivity contribution >= 4 is 11.8 Å². The van der Waals surface area contributed by atoms with E-state index in [1.165, 1.54) is 11.1 Å². The molecule has 0 atom stereocenters. The molecule has 7 nitrogen and oxygen atoms in total. The monoisotopic (exact) mass is 509 g/mol. The molecule has 2 aliphatic heterocycles. The molecule has 4 rings (SSSR count). The summed E-state index contributed by atoms with van der Waals surface area (Å²) < 4.78 is 17.3. The van der Waals surface area contributed by atoms with Gasteiger partial charge in [-0.3, -0.25) is 4.79 Å². The number of nitrogens with zero attached hydrogens (tertiary/aromatic N) is 3. The van der Waals surface area contributed by atoms with Crippen LogP contribution in [-0.4, -0.2) is 79.6 Å². The van der Waals surface area contributed by atoms with Crippen LogP contribution in [0.1, 0.15) is 51.2 Å². The average molecular weight is 510 g/mol. The number of carbonyl (C=O) groups excluding carboxylic acids is 1. The molecule has 1 aromatic carbocycles. The topological polar surface area (TPSA) is 64.1 Å². The first-order valence-corrected chi connectivity index (χ1v) is 13.7. The fraction of sp³-hybridized carbons (Fsp3) is 0.600. The molecule has 0 N–H and O–H groups in total. The minimum absolute atomic E-state index is 0.0460. The molecule has 3 heterocycles. The van der Waals surface area contributed by atoms with E-state index in [2.05, 4.69) is 51.2 Å². The number of morpholine rings is 1. The van der Waals surface area contributed by atoms with Gasteiger partial charge in [0.25, 0.3) is 0 Å². The van der Waals surface area contributed by atoms with Crippen molar-refractivity contribution in [1.29, 1.82) is 0 Å². The van der Waals surface area contributed by atoms with Crippen LogP contribution in [-0.2, 0) is 31.8 Å². The maximum Gasteiger partial charge on any atom is 0.308 e. The van der Waals surface area contributed by atoms with Crippen LogP contribution in [0.4, 0.5) is 5.82 Å². The lowest BCUT2D eigenvalue weighted by Crippen LogP contribution is -2.57. The fourth-order valence-corrected chi connectivity index (χ4v) is 5.14. The van der Waals surface area contributed by atoms with Gasteiger partial charge in [0.2, 0.25) is 0 Å². The number of piperidine rings is 1. The van der Waals surface area contributed by atoms with Crippen LogP contribution in [0.5, 0.6) is 0 Å². The Bertz CT molecular complexity index is 984. The second-order valence-electron chi connectivity index (χ2n) is 11.3. The molecule has 2 aromatic rings. The van der Waals surface area contributed by atoms with Gasteiger partial charge in [-0.25, -0.2) is 4.98 Å². The Morgan fingerprint density at radius 1 is 1.03 bits per heavy atom. The van der Waals surface area contributed by atoms with E-state index in [9.17, 15) is 4.79 Å². The maximum absolute atomic E-state index is 11.8.